The number of ether oxygens (including phenoxy) is 4. The Kier molecular flexibility index (Phi) is 27.1. The van der Waals surface area contributed by atoms with Crippen LogP contribution in [0.3, 0.4) is 0 Å². The van der Waals surface area contributed by atoms with Crippen molar-refractivity contribution >= 4 is 105 Å². The fourth-order valence-corrected chi connectivity index (χ4v) is 13.6. The van der Waals surface area contributed by atoms with Crippen LogP contribution >= 0.6 is 0 Å². The highest BCUT2D eigenvalue weighted by Gasteiger charge is 2.22. The van der Waals surface area contributed by atoms with E-state index in [0.29, 0.717) is 140 Å². The lowest BCUT2D eigenvalue weighted by molar-refractivity contribution is 0.146. The van der Waals surface area contributed by atoms with Crippen LogP contribution in [-0.4, -0.2) is 109 Å². The van der Waals surface area contributed by atoms with Crippen molar-refractivity contribution in [3.63, 3.8) is 0 Å². The van der Waals surface area contributed by atoms with Crippen LogP contribution in [0.15, 0.2) is 255 Å². The van der Waals surface area contributed by atoms with Crippen LogP contribution in [-0.2, 0) is 31.4 Å². The number of hydrogen-bond acceptors (Lipinski definition) is 26. The molecule has 31 heteroatoms. The molecule has 0 saturated heterocycles. The van der Waals surface area contributed by atoms with Gasteiger partial charge in [0.05, 0.1) is 126 Å². The number of aryl methyl sites for hydroxylation is 2. The molecule has 3 N–H and O–H groups in total. The van der Waals surface area contributed by atoms with Crippen molar-refractivity contribution in [1.82, 2.24) is 74.9 Å². The number of benzene rings is 3. The highest BCUT2D eigenvalue weighted by molar-refractivity contribution is 5.92. The first-order valence-electron chi connectivity index (χ1n) is 37.8. The first-order valence-corrected chi connectivity index (χ1v) is 37.8. The summed E-state index contributed by atoms with van der Waals surface area (Å²) in [5, 5.41) is 24.6. The Morgan fingerprint density at radius 3 is 1.40 bits per heavy atom. The van der Waals surface area contributed by atoms with Crippen molar-refractivity contribution < 1.29 is 58.8 Å². The van der Waals surface area contributed by atoms with Gasteiger partial charge in [-0.05, 0) is 116 Å². The fourth-order valence-electron chi connectivity index (χ4n) is 13.6. The van der Waals surface area contributed by atoms with Crippen LogP contribution in [0.4, 0.5) is 34.6 Å². The number of fused-ring (bicyclic) bond motifs is 8. The van der Waals surface area contributed by atoms with Crippen LogP contribution in [0.2, 0.25) is 0 Å². The summed E-state index contributed by atoms with van der Waals surface area (Å²) in [6.07, 6.45) is 22.4. The third-order valence-electron chi connectivity index (χ3n) is 19.7. The highest BCUT2D eigenvalue weighted by atomic mass is 19.1. The second-order valence-electron chi connectivity index (χ2n) is 27.8. The molecule has 0 spiro atoms. The molecule has 0 saturated carbocycles. The van der Waals surface area contributed by atoms with E-state index < -0.39 is 23.3 Å². The zero-order chi connectivity index (χ0) is 83.0. The number of pyridine rings is 11. The molecule has 17 aromatic heterocycles. The summed E-state index contributed by atoms with van der Waals surface area (Å²) in [4.78, 5) is 49.1. The molecule has 0 aliphatic rings. The first-order chi connectivity index (χ1) is 59.1. The average Bonchev–Trinajstić information content (AvgIpc) is 1.68. The molecule has 20 aromatic rings. The fraction of sp³-hybridized carbons (Fsp3) is 0.170. The monoisotopic (exact) mass is 1690 g/mol. The molecule has 27 nitrogen and oxygen atoms in total. The number of hydrogen-bond donors (Lipinski definition) is 3. The summed E-state index contributed by atoms with van der Waals surface area (Å²) in [7, 11) is 6.70. The van der Waals surface area contributed by atoms with Gasteiger partial charge in [0.25, 0.3) is 5.71 Å². The third kappa shape index (κ3) is 19.4. The van der Waals surface area contributed by atoms with E-state index in [1.54, 1.807) is 112 Å². The number of furan rings is 3. The van der Waals surface area contributed by atoms with E-state index in [2.05, 4.69) is 112 Å². The van der Waals surface area contributed by atoms with E-state index in [4.69, 9.17) is 46.2 Å². The predicted octanol–water partition coefficient (Wildman–Crippen LogP) is 21.9. The van der Waals surface area contributed by atoms with Crippen LogP contribution in [0.1, 0.15) is 76.2 Å². The van der Waals surface area contributed by atoms with Gasteiger partial charge < -0.3 is 57.2 Å². The van der Waals surface area contributed by atoms with E-state index in [-0.39, 0.29) is 35.6 Å². The van der Waals surface area contributed by atoms with Gasteiger partial charge in [-0.1, -0.05) is 59.1 Å². The number of aromatic nitrogens is 15. The quantitative estimate of drug-likeness (QED) is 0.0444. The van der Waals surface area contributed by atoms with Gasteiger partial charge >= 0.3 is 0 Å². The van der Waals surface area contributed by atoms with Crippen molar-refractivity contribution in [2.75, 3.05) is 50.5 Å². The Morgan fingerprint density at radius 2 is 0.920 bits per heavy atom. The molecule has 0 aliphatic heterocycles. The molecule has 125 heavy (non-hydrogen) atoms. The van der Waals surface area contributed by atoms with Gasteiger partial charge in [-0.25, -0.2) is 52.4 Å². The molecular formula is C94H86F4N18O9. The molecule has 634 valence electrons. The molecule has 0 aliphatic carbocycles. The Balaban J connectivity index is 0.000000142. The van der Waals surface area contributed by atoms with Gasteiger partial charge in [0.2, 0.25) is 0 Å². The Labute approximate surface area is 713 Å². The van der Waals surface area contributed by atoms with Gasteiger partial charge in [-0.2, -0.15) is 5.10 Å². The molecule has 0 amide bonds. The van der Waals surface area contributed by atoms with E-state index in [1.165, 1.54) is 24.3 Å². The average molecular weight is 1690 g/mol. The number of methoxy groups -OCH3 is 3. The second-order valence-corrected chi connectivity index (χ2v) is 27.8. The van der Waals surface area contributed by atoms with Gasteiger partial charge in [-0.3, -0.25) is 24.6 Å². The molecule has 1 atom stereocenters. The van der Waals surface area contributed by atoms with Crippen LogP contribution < -0.4 is 30.2 Å². The number of halogens is 4. The third-order valence-corrected chi connectivity index (χ3v) is 19.7. The van der Waals surface area contributed by atoms with Gasteiger partial charge in [-0.15, -0.1) is 0 Å². The van der Waals surface area contributed by atoms with Gasteiger partial charge in [0.15, 0.2) is 22.5 Å². The molecule has 17 heterocycles. The van der Waals surface area contributed by atoms with E-state index in [9.17, 15) is 17.6 Å². The maximum Gasteiger partial charge on any atom is 0.257 e. The summed E-state index contributed by atoms with van der Waals surface area (Å²) >= 11 is 0. The number of nitrogens with one attached hydrogen (secondary N) is 3. The topological polar surface area (TPSA) is 324 Å². The molecule has 0 radical (unpaired) electrons. The normalized spacial score (nSPS) is 11.2. The van der Waals surface area contributed by atoms with Crippen LogP contribution in [0, 0.1) is 30.2 Å². The van der Waals surface area contributed by atoms with Crippen LogP contribution in [0.5, 0.6) is 17.2 Å². The highest BCUT2D eigenvalue weighted by Crippen LogP contribution is 2.36. The second kappa shape index (κ2) is 38.8. The summed E-state index contributed by atoms with van der Waals surface area (Å²) in [5.41, 5.74) is 21.9. The Hall–Kier alpha value is -15.7. The standard InChI is InChI=1S/C25H20F2N4O3.C23H16F2N4O2.C21H17N5O3.C21H17N5O.4CH4/c1-32-6-7-33-19-11-22-25(30-13-19)21(4-5-28-22)29-12-16-14-34-23-3-2-20(31-24(16)23)15-8-17(26)10-18(27)9-15;1-30-17-9-20-23(28-11-17)19(4-5-26-20)27-10-14-12-31-21-3-2-18(29-22(14)21)13-6-15(24)8-16(25)7-13;1-12-7-19(29-26-12)15-3-4-18-20(25-15)13(11-28-18)9-23-16-5-6-22-17-8-14(27-2)10-24-21(16)17;1-13(14-5-6-19-15(8-14)4-3-7-22-19)20-18-9-16(10-23-21(18)27-25-20)17-11-24-26(2)12-17;;;;/h2-5,8-11,13-14H,6-7,12H2,1H3,(H,28,29);2-9,11-12H,10H2,1H3,(H,26,27);3-8,10-11H,9H2,1-2H3,(H,22,23);3-13H,1-2H3;4*1H4/t;;;13-;;;;/m...0..../s1. The number of anilines is 3. The largest absolute Gasteiger partial charge is 0.495 e. The molecule has 20 rings (SSSR count). The van der Waals surface area contributed by atoms with Crippen molar-refractivity contribution in [3.05, 3.63) is 289 Å². The minimum atomic E-state index is -0.657. The van der Waals surface area contributed by atoms with Crippen LogP contribution in [0.25, 0.3) is 133 Å². The number of rotatable bonds is 21. The summed E-state index contributed by atoms with van der Waals surface area (Å²) in [6.45, 7) is 6.24. The summed E-state index contributed by atoms with van der Waals surface area (Å²) in [6, 6.07) is 42.5. The van der Waals surface area contributed by atoms with Crippen molar-refractivity contribution in [2.45, 2.75) is 69.1 Å². The minimum absolute atomic E-state index is 0. The summed E-state index contributed by atoms with van der Waals surface area (Å²) < 4.78 is 105. The Morgan fingerprint density at radius 1 is 0.432 bits per heavy atom. The first kappa shape index (κ1) is 87.2. The SMILES string of the molecule is C.C.C.C.COCCOc1cnc2c(NCc3coc4ccc(-c5cc(F)cc(F)c5)nc34)ccnc2c1.COc1cnc2c(NCc3coc4ccc(-c5cc(C)no5)nc34)ccnc2c1.COc1cnc2c(NCc3coc4ccc(-c5cc(F)cc(F)c5)nc34)ccnc2c1.C[C@@H](c1ccc2ncccc2c1)c1noc2ncc(-c3cnn(C)c3)cc12. The van der Waals surface area contributed by atoms with Crippen molar-refractivity contribution in [3.8, 4) is 62.3 Å². The Bertz CT molecular complexity index is 7140. The number of nitrogens with zero attached hydrogens (tertiary/aromatic N) is 15. The van der Waals surface area contributed by atoms with Crippen molar-refractivity contribution in [2.24, 2.45) is 7.05 Å². The lowest BCUT2D eigenvalue weighted by Gasteiger charge is -2.10. The lowest BCUT2D eigenvalue weighted by Crippen LogP contribution is -2.05. The maximum absolute atomic E-state index is 13.7. The predicted molar refractivity (Wildman–Crippen MR) is 474 cm³/mol. The molecule has 0 fully saturated rings. The molecule has 0 unspecified atom stereocenters. The lowest BCUT2D eigenvalue weighted by atomic mass is 9.94. The zero-order valence-corrected chi connectivity index (χ0v) is 65.4. The molecular weight excluding hydrogens is 1600 g/mol. The van der Waals surface area contributed by atoms with Gasteiger partial charge in [0.1, 0.15) is 91.6 Å². The van der Waals surface area contributed by atoms with E-state index in [0.717, 1.165) is 107 Å². The van der Waals surface area contributed by atoms with Crippen molar-refractivity contribution in [1.29, 1.82) is 0 Å². The molecule has 0 bridgehead atoms. The summed E-state index contributed by atoms with van der Waals surface area (Å²) in [5.74, 6) is -0.0130. The molecule has 3 aromatic carbocycles. The van der Waals surface area contributed by atoms with E-state index in [1.807, 2.05) is 99.3 Å². The minimum Gasteiger partial charge on any atom is -0.495 e. The zero-order valence-electron chi connectivity index (χ0n) is 65.4. The van der Waals surface area contributed by atoms with Gasteiger partial charge in [0, 0.05) is 158 Å². The maximum atomic E-state index is 13.7. The smallest absolute Gasteiger partial charge is 0.257 e. The van der Waals surface area contributed by atoms with E-state index >= 15 is 0 Å².